The summed E-state index contributed by atoms with van der Waals surface area (Å²) in [5, 5.41) is 8.41. The van der Waals surface area contributed by atoms with Gasteiger partial charge < -0.3 is 19.7 Å². The smallest absolute Gasteiger partial charge is 0.274 e. The van der Waals surface area contributed by atoms with Crippen molar-refractivity contribution in [2.75, 3.05) is 40.0 Å². The normalized spacial score (nSPS) is 18.9. The Bertz CT molecular complexity index is 873. The van der Waals surface area contributed by atoms with E-state index in [-0.39, 0.29) is 5.91 Å². The molecule has 1 aromatic heterocycles. The fraction of sp³-hybridized carbons (Fsp3) is 0.565. The van der Waals surface area contributed by atoms with Gasteiger partial charge in [0.1, 0.15) is 5.75 Å². The summed E-state index contributed by atoms with van der Waals surface area (Å²) < 4.78 is 12.7. The lowest BCUT2D eigenvalue weighted by atomic mass is 9.91. The average Bonchev–Trinajstić information content (AvgIpc) is 3.17. The highest BCUT2D eigenvalue weighted by Crippen LogP contribution is 2.26. The first kappa shape index (κ1) is 20.9. The molecule has 1 N–H and O–H groups in total. The van der Waals surface area contributed by atoms with Gasteiger partial charge in [-0.3, -0.25) is 9.48 Å². The van der Waals surface area contributed by atoms with E-state index in [1.54, 1.807) is 7.11 Å². The van der Waals surface area contributed by atoms with Crippen molar-refractivity contribution < 1.29 is 14.3 Å². The third-order valence-electron chi connectivity index (χ3n) is 6.13. The Morgan fingerprint density at radius 3 is 2.93 bits per heavy atom. The Morgan fingerprint density at radius 1 is 1.33 bits per heavy atom. The van der Waals surface area contributed by atoms with E-state index in [2.05, 4.69) is 24.4 Å². The zero-order valence-corrected chi connectivity index (χ0v) is 18.0. The predicted octanol–water partition coefficient (Wildman–Crippen LogP) is 2.07. The first-order chi connectivity index (χ1) is 14.7. The minimum Gasteiger partial charge on any atom is -0.497 e. The number of hydrogen-bond donors (Lipinski definition) is 1. The van der Waals surface area contributed by atoms with Crippen LogP contribution >= 0.6 is 0 Å². The van der Waals surface area contributed by atoms with Crippen molar-refractivity contribution in [1.82, 2.24) is 20.0 Å². The standard InChI is InChI=1S/C23H32N4O3/c1-3-27-21-8-7-18(24-10-9-17-5-4-6-19(15-17)29-2)16-20(21)22(25-27)23(28)26-11-13-30-14-12-26/h4-6,15,18,24H,3,7-14,16H2,1-2H3/t18-/m1/s1. The van der Waals surface area contributed by atoms with Crippen LogP contribution in [0.2, 0.25) is 0 Å². The Kier molecular flexibility index (Phi) is 6.69. The van der Waals surface area contributed by atoms with Gasteiger partial charge in [0.05, 0.1) is 20.3 Å². The molecule has 7 nitrogen and oxygen atoms in total. The number of aromatic nitrogens is 2. The Hall–Kier alpha value is -2.38. The number of carbonyl (C=O) groups excluding carboxylic acids is 1. The summed E-state index contributed by atoms with van der Waals surface area (Å²) in [5.41, 5.74) is 4.28. The molecule has 7 heteroatoms. The first-order valence-corrected chi connectivity index (χ1v) is 11.0. The number of amides is 1. The maximum absolute atomic E-state index is 13.1. The van der Waals surface area contributed by atoms with Gasteiger partial charge in [-0.1, -0.05) is 12.1 Å². The summed E-state index contributed by atoms with van der Waals surface area (Å²) in [6.45, 7) is 6.31. The number of morpholine rings is 1. The van der Waals surface area contributed by atoms with Gasteiger partial charge in [-0.2, -0.15) is 5.10 Å². The topological polar surface area (TPSA) is 68.6 Å². The maximum Gasteiger partial charge on any atom is 0.274 e. The third-order valence-corrected chi connectivity index (χ3v) is 6.13. The molecule has 30 heavy (non-hydrogen) atoms. The molecule has 0 radical (unpaired) electrons. The van der Waals surface area contributed by atoms with Gasteiger partial charge in [-0.25, -0.2) is 0 Å². The number of hydrogen-bond acceptors (Lipinski definition) is 5. The number of methoxy groups -OCH3 is 1. The molecule has 1 aliphatic carbocycles. The Morgan fingerprint density at radius 2 is 2.17 bits per heavy atom. The molecule has 1 aromatic carbocycles. The molecule has 162 valence electrons. The van der Waals surface area contributed by atoms with E-state index in [0.717, 1.165) is 50.1 Å². The van der Waals surface area contributed by atoms with E-state index in [0.29, 0.717) is 38.0 Å². The predicted molar refractivity (Wildman–Crippen MR) is 115 cm³/mol. The van der Waals surface area contributed by atoms with Crippen molar-refractivity contribution >= 4 is 5.91 Å². The zero-order chi connectivity index (χ0) is 20.9. The summed E-state index contributed by atoms with van der Waals surface area (Å²) >= 11 is 0. The van der Waals surface area contributed by atoms with E-state index in [1.165, 1.54) is 11.3 Å². The lowest BCUT2D eigenvalue weighted by Crippen LogP contribution is -2.42. The van der Waals surface area contributed by atoms with E-state index < -0.39 is 0 Å². The van der Waals surface area contributed by atoms with Crippen LogP contribution in [0.15, 0.2) is 24.3 Å². The van der Waals surface area contributed by atoms with Crippen LogP contribution in [0.25, 0.3) is 0 Å². The van der Waals surface area contributed by atoms with Crippen molar-refractivity contribution in [3.8, 4) is 5.75 Å². The van der Waals surface area contributed by atoms with Crippen LogP contribution in [0.5, 0.6) is 5.75 Å². The Labute approximate surface area is 178 Å². The van der Waals surface area contributed by atoms with Gasteiger partial charge in [0.15, 0.2) is 5.69 Å². The molecular weight excluding hydrogens is 380 g/mol. The van der Waals surface area contributed by atoms with E-state index in [9.17, 15) is 4.79 Å². The zero-order valence-electron chi connectivity index (χ0n) is 18.0. The number of nitrogens with zero attached hydrogens (tertiary/aromatic N) is 3. The summed E-state index contributed by atoms with van der Waals surface area (Å²) in [6.07, 6.45) is 3.85. The lowest BCUT2D eigenvalue weighted by Gasteiger charge is -2.28. The highest BCUT2D eigenvalue weighted by molar-refractivity contribution is 5.94. The van der Waals surface area contributed by atoms with Crippen LogP contribution in [0.1, 0.15) is 40.7 Å². The first-order valence-electron chi connectivity index (χ1n) is 11.0. The number of carbonyl (C=O) groups is 1. The third kappa shape index (κ3) is 4.52. The van der Waals surface area contributed by atoms with Gasteiger partial charge in [0, 0.05) is 36.9 Å². The van der Waals surface area contributed by atoms with Crippen LogP contribution in [0.3, 0.4) is 0 Å². The van der Waals surface area contributed by atoms with Crippen molar-refractivity contribution in [3.63, 3.8) is 0 Å². The SMILES string of the molecule is CCn1nc(C(=O)N2CCOCC2)c2c1CC[C@@H](NCCc1cccc(OC)c1)C2. The minimum atomic E-state index is 0.0544. The molecule has 1 aliphatic heterocycles. The van der Waals surface area contributed by atoms with Crippen molar-refractivity contribution in [1.29, 1.82) is 0 Å². The molecule has 0 bridgehead atoms. The van der Waals surface area contributed by atoms with Crippen LogP contribution in [-0.4, -0.2) is 66.6 Å². The molecule has 2 aliphatic rings. The fourth-order valence-electron chi connectivity index (χ4n) is 4.46. The molecule has 0 unspecified atom stereocenters. The van der Waals surface area contributed by atoms with Crippen LogP contribution < -0.4 is 10.1 Å². The maximum atomic E-state index is 13.1. The number of benzene rings is 1. The number of fused-ring (bicyclic) bond motifs is 1. The molecule has 1 amide bonds. The number of nitrogens with one attached hydrogen (secondary N) is 1. The van der Waals surface area contributed by atoms with Crippen molar-refractivity contribution in [2.24, 2.45) is 0 Å². The Balaban J connectivity index is 1.41. The molecule has 1 saturated heterocycles. The summed E-state index contributed by atoms with van der Waals surface area (Å²) in [5.74, 6) is 0.951. The fourth-order valence-corrected chi connectivity index (χ4v) is 4.46. The lowest BCUT2D eigenvalue weighted by molar-refractivity contribution is 0.0297. The number of rotatable bonds is 7. The van der Waals surface area contributed by atoms with Gasteiger partial charge in [0.2, 0.25) is 0 Å². The molecule has 0 spiro atoms. The van der Waals surface area contributed by atoms with Gasteiger partial charge >= 0.3 is 0 Å². The molecule has 0 saturated carbocycles. The number of ether oxygens (including phenoxy) is 2. The van der Waals surface area contributed by atoms with E-state index in [4.69, 9.17) is 14.6 Å². The highest BCUT2D eigenvalue weighted by Gasteiger charge is 2.31. The molecule has 1 atom stereocenters. The van der Waals surface area contributed by atoms with Gasteiger partial charge in [0.25, 0.3) is 5.91 Å². The highest BCUT2D eigenvalue weighted by atomic mass is 16.5. The van der Waals surface area contributed by atoms with E-state index >= 15 is 0 Å². The molecule has 1 fully saturated rings. The minimum absolute atomic E-state index is 0.0544. The molecule has 2 aromatic rings. The van der Waals surface area contributed by atoms with Crippen molar-refractivity contribution in [3.05, 3.63) is 46.8 Å². The van der Waals surface area contributed by atoms with Crippen molar-refractivity contribution in [2.45, 2.75) is 45.2 Å². The quantitative estimate of drug-likeness (QED) is 0.754. The second-order valence-corrected chi connectivity index (χ2v) is 7.99. The van der Waals surface area contributed by atoms with Gasteiger partial charge in [-0.05, 0) is 56.8 Å². The van der Waals surface area contributed by atoms with Crippen LogP contribution in [0, 0.1) is 0 Å². The second-order valence-electron chi connectivity index (χ2n) is 7.99. The average molecular weight is 413 g/mol. The van der Waals surface area contributed by atoms with Gasteiger partial charge in [-0.15, -0.1) is 0 Å². The monoisotopic (exact) mass is 412 g/mol. The molecular formula is C23H32N4O3. The summed E-state index contributed by atoms with van der Waals surface area (Å²) in [4.78, 5) is 15.0. The van der Waals surface area contributed by atoms with Crippen LogP contribution in [-0.2, 0) is 30.5 Å². The summed E-state index contributed by atoms with van der Waals surface area (Å²) in [7, 11) is 1.70. The molecule has 4 rings (SSSR count). The van der Waals surface area contributed by atoms with Crippen LogP contribution in [0.4, 0.5) is 0 Å². The largest absolute Gasteiger partial charge is 0.497 e. The van der Waals surface area contributed by atoms with E-state index in [1.807, 2.05) is 21.7 Å². The number of aryl methyl sites for hydroxylation is 1. The molecule has 2 heterocycles. The second kappa shape index (κ2) is 9.62. The summed E-state index contributed by atoms with van der Waals surface area (Å²) in [6, 6.07) is 8.59.